The van der Waals surface area contributed by atoms with Gasteiger partial charge in [0.15, 0.2) is 11.6 Å². The SMILES string of the molecule is COc1ccc(C(C)C)cc1S(=O)(=O)N(C)CC(=O)Nc1ccc(F)c(F)c1. The van der Waals surface area contributed by atoms with Gasteiger partial charge in [-0.05, 0) is 35.7 Å². The number of nitrogens with one attached hydrogen (secondary N) is 1. The molecule has 0 radical (unpaired) electrons. The Morgan fingerprint density at radius 1 is 1.14 bits per heavy atom. The van der Waals surface area contributed by atoms with Crippen molar-refractivity contribution in [1.82, 2.24) is 4.31 Å². The smallest absolute Gasteiger partial charge is 0.246 e. The first-order valence-corrected chi connectivity index (χ1v) is 9.89. The van der Waals surface area contributed by atoms with E-state index in [2.05, 4.69) is 5.32 Å². The van der Waals surface area contributed by atoms with Crippen molar-refractivity contribution in [2.75, 3.05) is 26.0 Å². The maximum Gasteiger partial charge on any atom is 0.246 e. The molecule has 0 saturated carbocycles. The molecule has 2 aromatic carbocycles. The first-order valence-electron chi connectivity index (χ1n) is 8.45. The Balaban J connectivity index is 2.22. The van der Waals surface area contributed by atoms with Crippen molar-refractivity contribution >= 4 is 21.6 Å². The first-order chi connectivity index (χ1) is 13.1. The van der Waals surface area contributed by atoms with E-state index in [9.17, 15) is 22.0 Å². The number of rotatable bonds is 7. The highest BCUT2D eigenvalue weighted by Gasteiger charge is 2.27. The van der Waals surface area contributed by atoms with Crippen LogP contribution in [0.15, 0.2) is 41.3 Å². The molecular formula is C19H22F2N2O4S. The molecule has 152 valence electrons. The monoisotopic (exact) mass is 412 g/mol. The van der Waals surface area contributed by atoms with Crippen LogP contribution in [0.4, 0.5) is 14.5 Å². The zero-order valence-electron chi connectivity index (χ0n) is 16.0. The summed E-state index contributed by atoms with van der Waals surface area (Å²) in [6.07, 6.45) is 0. The molecular weight excluding hydrogens is 390 g/mol. The second kappa shape index (κ2) is 8.66. The number of hydrogen-bond acceptors (Lipinski definition) is 4. The third-order valence-corrected chi connectivity index (χ3v) is 5.94. The number of halogens is 2. The molecule has 0 heterocycles. The average Bonchev–Trinajstić information content (AvgIpc) is 2.63. The number of nitrogens with zero attached hydrogens (tertiary/aromatic N) is 1. The lowest BCUT2D eigenvalue weighted by Crippen LogP contribution is -2.35. The van der Waals surface area contributed by atoms with Crippen molar-refractivity contribution in [2.24, 2.45) is 0 Å². The van der Waals surface area contributed by atoms with E-state index in [0.29, 0.717) is 0 Å². The number of carbonyl (C=O) groups excluding carboxylic acids is 1. The van der Waals surface area contributed by atoms with Gasteiger partial charge in [-0.2, -0.15) is 4.31 Å². The maximum atomic E-state index is 13.2. The third-order valence-electron chi connectivity index (χ3n) is 4.11. The number of sulfonamides is 1. The lowest BCUT2D eigenvalue weighted by atomic mass is 10.0. The summed E-state index contributed by atoms with van der Waals surface area (Å²) in [6.45, 7) is 3.34. The highest BCUT2D eigenvalue weighted by atomic mass is 32.2. The average molecular weight is 412 g/mol. The second-order valence-corrected chi connectivity index (χ2v) is 8.52. The van der Waals surface area contributed by atoms with Crippen LogP contribution in [0.1, 0.15) is 25.3 Å². The van der Waals surface area contributed by atoms with Gasteiger partial charge < -0.3 is 10.1 Å². The molecule has 9 heteroatoms. The summed E-state index contributed by atoms with van der Waals surface area (Å²) in [4.78, 5) is 12.1. The predicted molar refractivity (Wildman–Crippen MR) is 102 cm³/mol. The molecule has 0 saturated heterocycles. The van der Waals surface area contributed by atoms with Crippen molar-refractivity contribution in [1.29, 1.82) is 0 Å². The Hall–Kier alpha value is -2.52. The summed E-state index contributed by atoms with van der Waals surface area (Å²) >= 11 is 0. The molecule has 1 amide bonds. The van der Waals surface area contributed by atoms with Gasteiger partial charge in [0, 0.05) is 18.8 Å². The molecule has 0 unspecified atom stereocenters. The summed E-state index contributed by atoms with van der Waals surface area (Å²) in [5, 5.41) is 2.34. The number of methoxy groups -OCH3 is 1. The Morgan fingerprint density at radius 3 is 2.39 bits per heavy atom. The number of likely N-dealkylation sites (N-methyl/N-ethyl adjacent to an activating group) is 1. The molecule has 6 nitrogen and oxygen atoms in total. The highest BCUT2D eigenvalue weighted by Crippen LogP contribution is 2.29. The van der Waals surface area contributed by atoms with Gasteiger partial charge in [0.05, 0.1) is 13.7 Å². The molecule has 0 aliphatic carbocycles. The van der Waals surface area contributed by atoms with Gasteiger partial charge >= 0.3 is 0 Å². The molecule has 0 aliphatic rings. The fourth-order valence-electron chi connectivity index (χ4n) is 2.48. The largest absolute Gasteiger partial charge is 0.495 e. The van der Waals surface area contributed by atoms with E-state index in [-0.39, 0.29) is 22.3 Å². The molecule has 2 rings (SSSR count). The lowest BCUT2D eigenvalue weighted by molar-refractivity contribution is -0.116. The van der Waals surface area contributed by atoms with E-state index in [0.717, 1.165) is 22.0 Å². The predicted octanol–water partition coefficient (Wildman–Crippen LogP) is 3.36. The van der Waals surface area contributed by atoms with Crippen molar-refractivity contribution in [3.8, 4) is 5.75 Å². The fraction of sp³-hybridized carbons (Fsp3) is 0.316. The van der Waals surface area contributed by atoms with Gasteiger partial charge in [-0.15, -0.1) is 0 Å². The molecule has 2 aromatic rings. The van der Waals surface area contributed by atoms with E-state index in [1.165, 1.54) is 26.3 Å². The number of carbonyl (C=O) groups is 1. The molecule has 0 aliphatic heterocycles. The van der Waals surface area contributed by atoms with Gasteiger partial charge in [0.1, 0.15) is 10.6 Å². The Bertz CT molecular complexity index is 978. The van der Waals surface area contributed by atoms with Crippen LogP contribution in [-0.2, 0) is 14.8 Å². The number of hydrogen-bond donors (Lipinski definition) is 1. The van der Waals surface area contributed by atoms with Crippen LogP contribution in [0.2, 0.25) is 0 Å². The Morgan fingerprint density at radius 2 is 1.82 bits per heavy atom. The zero-order valence-corrected chi connectivity index (χ0v) is 16.8. The number of ether oxygens (including phenoxy) is 1. The van der Waals surface area contributed by atoms with Crippen molar-refractivity contribution in [3.63, 3.8) is 0 Å². The van der Waals surface area contributed by atoms with Gasteiger partial charge in [-0.3, -0.25) is 4.79 Å². The Kier molecular flexibility index (Phi) is 6.73. The highest BCUT2D eigenvalue weighted by molar-refractivity contribution is 7.89. The van der Waals surface area contributed by atoms with Crippen LogP contribution < -0.4 is 10.1 Å². The van der Waals surface area contributed by atoms with E-state index >= 15 is 0 Å². The van der Waals surface area contributed by atoms with Crippen molar-refractivity contribution in [3.05, 3.63) is 53.6 Å². The summed E-state index contributed by atoms with van der Waals surface area (Å²) in [5.41, 5.74) is 0.827. The molecule has 28 heavy (non-hydrogen) atoms. The molecule has 0 aromatic heterocycles. The summed E-state index contributed by atoms with van der Waals surface area (Å²) in [6, 6.07) is 7.73. The van der Waals surface area contributed by atoms with E-state index in [1.54, 1.807) is 12.1 Å². The van der Waals surface area contributed by atoms with E-state index in [4.69, 9.17) is 4.74 Å². The van der Waals surface area contributed by atoms with Crippen LogP contribution in [0, 0.1) is 11.6 Å². The minimum Gasteiger partial charge on any atom is -0.495 e. The van der Waals surface area contributed by atoms with Gasteiger partial charge in [-0.25, -0.2) is 17.2 Å². The van der Waals surface area contributed by atoms with Gasteiger partial charge in [-0.1, -0.05) is 19.9 Å². The summed E-state index contributed by atoms with van der Waals surface area (Å²) in [7, 11) is -1.41. The van der Waals surface area contributed by atoms with Gasteiger partial charge in [0.25, 0.3) is 0 Å². The first kappa shape index (κ1) is 21.8. The van der Waals surface area contributed by atoms with Crippen molar-refractivity contribution in [2.45, 2.75) is 24.7 Å². The Labute approximate surface area is 163 Å². The van der Waals surface area contributed by atoms with Crippen LogP contribution >= 0.6 is 0 Å². The quantitative estimate of drug-likeness (QED) is 0.757. The lowest BCUT2D eigenvalue weighted by Gasteiger charge is -2.20. The maximum absolute atomic E-state index is 13.2. The molecule has 0 spiro atoms. The summed E-state index contributed by atoms with van der Waals surface area (Å²) in [5.74, 6) is -2.60. The number of amides is 1. The minimum atomic E-state index is -4.03. The normalized spacial score (nSPS) is 11.7. The minimum absolute atomic E-state index is 0.0223. The molecule has 1 N–H and O–H groups in total. The number of anilines is 1. The fourth-order valence-corrected chi connectivity index (χ4v) is 3.80. The van der Waals surface area contributed by atoms with E-state index in [1.807, 2.05) is 13.8 Å². The molecule has 0 fully saturated rings. The van der Waals surface area contributed by atoms with Crippen LogP contribution in [0.5, 0.6) is 5.75 Å². The van der Waals surface area contributed by atoms with Crippen LogP contribution in [0.3, 0.4) is 0 Å². The second-order valence-electron chi connectivity index (χ2n) is 6.50. The third kappa shape index (κ3) is 4.85. The number of benzene rings is 2. The van der Waals surface area contributed by atoms with E-state index < -0.39 is 34.1 Å². The zero-order chi connectivity index (χ0) is 21.1. The summed E-state index contributed by atoms with van der Waals surface area (Å²) < 4.78 is 58.1. The van der Waals surface area contributed by atoms with Gasteiger partial charge in [0.2, 0.25) is 15.9 Å². The van der Waals surface area contributed by atoms with Crippen molar-refractivity contribution < 1.29 is 26.7 Å². The molecule has 0 atom stereocenters. The standard InChI is InChI=1S/C19H22F2N2O4S/c1-12(2)13-5-8-17(27-4)18(9-13)28(25,26)23(3)11-19(24)22-14-6-7-15(20)16(21)10-14/h5-10,12H,11H2,1-4H3,(H,22,24). The molecule has 0 bridgehead atoms. The van der Waals surface area contributed by atoms with Crippen LogP contribution in [0.25, 0.3) is 0 Å². The van der Waals surface area contributed by atoms with Crippen LogP contribution in [-0.4, -0.2) is 39.3 Å². The topological polar surface area (TPSA) is 75.7 Å².